The number of allylic oxidation sites excluding steroid dienone is 8. The molecule has 0 aliphatic carbocycles. The Balaban J connectivity index is 3.25. The zero-order chi connectivity index (χ0) is 28.3. The first-order valence-electron chi connectivity index (χ1n) is 17.4. The van der Waals surface area contributed by atoms with Crippen LogP contribution in [0.5, 0.6) is 0 Å². The van der Waals surface area contributed by atoms with E-state index < -0.39 is 0 Å². The van der Waals surface area contributed by atoms with Crippen LogP contribution in [0.15, 0.2) is 48.6 Å². The summed E-state index contributed by atoms with van der Waals surface area (Å²) in [5.74, 6) is 0.414. The predicted octanol–water partition coefficient (Wildman–Crippen LogP) is 13.4. The Hall–Kier alpha value is -1.37. The number of Topliss-reactive ketones (excluding diaryl/α,β-unsaturated/α-hetero) is 1. The molecule has 0 atom stereocenters. The lowest BCUT2D eigenvalue weighted by Crippen LogP contribution is -1.93. The summed E-state index contributed by atoms with van der Waals surface area (Å²) in [6.07, 6.45) is 53.2. The maximum Gasteiger partial charge on any atom is 0.132 e. The van der Waals surface area contributed by atoms with Crippen molar-refractivity contribution in [3.63, 3.8) is 0 Å². The Bertz CT molecular complexity index is 594. The Morgan fingerprint density at radius 1 is 0.359 bits per heavy atom. The van der Waals surface area contributed by atoms with E-state index in [-0.39, 0.29) is 0 Å². The summed E-state index contributed by atoms with van der Waals surface area (Å²) in [5, 5.41) is 0. The van der Waals surface area contributed by atoms with Crippen LogP contribution in [-0.4, -0.2) is 5.78 Å². The second kappa shape index (κ2) is 34.7. The van der Waals surface area contributed by atoms with Crippen molar-refractivity contribution in [2.45, 2.75) is 187 Å². The minimum atomic E-state index is 0.414. The molecule has 0 aliphatic rings. The second-order valence-corrected chi connectivity index (χ2v) is 11.5. The van der Waals surface area contributed by atoms with Gasteiger partial charge in [0, 0.05) is 12.8 Å². The van der Waals surface area contributed by atoms with Gasteiger partial charge in [0.05, 0.1) is 0 Å². The van der Waals surface area contributed by atoms with Gasteiger partial charge in [-0.05, 0) is 109 Å². The standard InChI is InChI=1S/C38H68O/c1-3-5-6-7-8-9-10-11-12-13-14-15-16-17-18-19-20-21-22-23-24-25-26-27-28-29-30-31-32-33-34-35-36-37-38(39)4-2/h10-11,17-18,24-25,31-32H,3-9,12-16,19-23,26-30,33-37H2,1-2H3. The molecule has 0 bridgehead atoms. The lowest BCUT2D eigenvalue weighted by molar-refractivity contribution is -0.118. The van der Waals surface area contributed by atoms with Gasteiger partial charge in [-0.2, -0.15) is 0 Å². The first-order valence-corrected chi connectivity index (χ1v) is 17.4. The third kappa shape index (κ3) is 34.6. The molecule has 0 saturated carbocycles. The number of hydrogen-bond donors (Lipinski definition) is 0. The van der Waals surface area contributed by atoms with Crippen molar-refractivity contribution in [3.8, 4) is 0 Å². The molecule has 0 rings (SSSR count). The van der Waals surface area contributed by atoms with Crippen LogP contribution >= 0.6 is 0 Å². The van der Waals surface area contributed by atoms with Crippen molar-refractivity contribution in [2.24, 2.45) is 0 Å². The zero-order valence-corrected chi connectivity index (χ0v) is 26.6. The van der Waals surface area contributed by atoms with E-state index in [1.54, 1.807) is 0 Å². The first kappa shape index (κ1) is 37.6. The third-order valence-corrected chi connectivity index (χ3v) is 7.59. The summed E-state index contributed by atoms with van der Waals surface area (Å²) in [6, 6.07) is 0. The minimum Gasteiger partial charge on any atom is -0.300 e. The molecular weight excluding hydrogens is 472 g/mol. The van der Waals surface area contributed by atoms with E-state index in [0.29, 0.717) is 12.2 Å². The second-order valence-electron chi connectivity index (χ2n) is 11.5. The predicted molar refractivity (Wildman–Crippen MR) is 178 cm³/mol. The summed E-state index contributed by atoms with van der Waals surface area (Å²) in [5.41, 5.74) is 0. The van der Waals surface area contributed by atoms with Crippen LogP contribution < -0.4 is 0 Å². The maximum absolute atomic E-state index is 11.3. The van der Waals surface area contributed by atoms with E-state index in [0.717, 1.165) is 12.8 Å². The molecule has 1 heteroatoms. The number of carbonyl (C=O) groups is 1. The fourth-order valence-electron chi connectivity index (χ4n) is 4.85. The van der Waals surface area contributed by atoms with Crippen molar-refractivity contribution < 1.29 is 4.79 Å². The summed E-state index contributed by atoms with van der Waals surface area (Å²) in [6.45, 7) is 4.24. The van der Waals surface area contributed by atoms with Crippen LogP contribution in [0.3, 0.4) is 0 Å². The molecule has 1 nitrogen and oxygen atoms in total. The molecule has 0 N–H and O–H groups in total. The Kier molecular flexibility index (Phi) is 33.4. The average molecular weight is 541 g/mol. The van der Waals surface area contributed by atoms with Crippen molar-refractivity contribution in [1.29, 1.82) is 0 Å². The molecule has 0 fully saturated rings. The first-order chi connectivity index (χ1) is 19.3. The largest absolute Gasteiger partial charge is 0.300 e. The van der Waals surface area contributed by atoms with Gasteiger partial charge in [0.2, 0.25) is 0 Å². The summed E-state index contributed by atoms with van der Waals surface area (Å²) >= 11 is 0. The Morgan fingerprint density at radius 2 is 0.615 bits per heavy atom. The highest BCUT2D eigenvalue weighted by Crippen LogP contribution is 2.11. The topological polar surface area (TPSA) is 17.1 Å². The van der Waals surface area contributed by atoms with E-state index >= 15 is 0 Å². The molecule has 0 spiro atoms. The number of hydrogen-bond acceptors (Lipinski definition) is 1. The third-order valence-electron chi connectivity index (χ3n) is 7.59. The number of carbonyl (C=O) groups excluding carboxylic acids is 1. The lowest BCUT2D eigenvalue weighted by Gasteiger charge is -1.98. The highest BCUT2D eigenvalue weighted by molar-refractivity contribution is 5.77. The van der Waals surface area contributed by atoms with E-state index in [1.165, 1.54) is 154 Å². The number of ketones is 1. The SMILES string of the molecule is CCCCCCCC=CCCCCCC=CCCCCCC=CCCCCCC=CCCCCCC(=O)CC. The van der Waals surface area contributed by atoms with E-state index in [4.69, 9.17) is 0 Å². The van der Waals surface area contributed by atoms with E-state index in [2.05, 4.69) is 55.5 Å². The summed E-state index contributed by atoms with van der Waals surface area (Å²) in [4.78, 5) is 11.3. The smallest absolute Gasteiger partial charge is 0.132 e. The summed E-state index contributed by atoms with van der Waals surface area (Å²) in [7, 11) is 0. The molecule has 0 unspecified atom stereocenters. The van der Waals surface area contributed by atoms with E-state index in [9.17, 15) is 4.79 Å². The molecular formula is C38H68O. The van der Waals surface area contributed by atoms with Gasteiger partial charge in [-0.25, -0.2) is 0 Å². The molecule has 39 heavy (non-hydrogen) atoms. The fraction of sp³-hybridized carbons (Fsp3) is 0.763. The average Bonchev–Trinajstić information content (AvgIpc) is 2.95. The van der Waals surface area contributed by atoms with Gasteiger partial charge in [0.15, 0.2) is 0 Å². The van der Waals surface area contributed by atoms with Gasteiger partial charge < -0.3 is 0 Å². The van der Waals surface area contributed by atoms with Crippen molar-refractivity contribution in [1.82, 2.24) is 0 Å². The van der Waals surface area contributed by atoms with Gasteiger partial charge in [-0.1, -0.05) is 114 Å². The van der Waals surface area contributed by atoms with Gasteiger partial charge in [0.1, 0.15) is 5.78 Å². The quantitative estimate of drug-likeness (QED) is 0.0631. The molecule has 0 aliphatic heterocycles. The van der Waals surface area contributed by atoms with Gasteiger partial charge in [-0.3, -0.25) is 4.79 Å². The van der Waals surface area contributed by atoms with Crippen LogP contribution in [0.25, 0.3) is 0 Å². The van der Waals surface area contributed by atoms with Crippen LogP contribution in [0, 0.1) is 0 Å². The van der Waals surface area contributed by atoms with Gasteiger partial charge in [-0.15, -0.1) is 0 Å². The summed E-state index contributed by atoms with van der Waals surface area (Å²) < 4.78 is 0. The lowest BCUT2D eigenvalue weighted by atomic mass is 10.1. The van der Waals surface area contributed by atoms with Gasteiger partial charge in [0.25, 0.3) is 0 Å². The monoisotopic (exact) mass is 541 g/mol. The van der Waals surface area contributed by atoms with Crippen molar-refractivity contribution in [3.05, 3.63) is 48.6 Å². The fourth-order valence-corrected chi connectivity index (χ4v) is 4.85. The molecule has 0 saturated heterocycles. The molecule has 0 aromatic rings. The zero-order valence-electron chi connectivity index (χ0n) is 26.6. The molecule has 0 amide bonds. The minimum absolute atomic E-state index is 0.414. The van der Waals surface area contributed by atoms with Crippen LogP contribution in [0.1, 0.15) is 187 Å². The van der Waals surface area contributed by atoms with Crippen LogP contribution in [0.4, 0.5) is 0 Å². The number of rotatable bonds is 31. The Morgan fingerprint density at radius 3 is 0.897 bits per heavy atom. The molecule has 0 aromatic heterocycles. The van der Waals surface area contributed by atoms with Crippen LogP contribution in [-0.2, 0) is 4.79 Å². The van der Waals surface area contributed by atoms with Crippen LogP contribution in [0.2, 0.25) is 0 Å². The normalized spacial score (nSPS) is 12.3. The van der Waals surface area contributed by atoms with Crippen molar-refractivity contribution >= 4 is 5.78 Å². The molecule has 226 valence electrons. The molecule has 0 aromatic carbocycles. The van der Waals surface area contributed by atoms with E-state index in [1.807, 2.05) is 6.92 Å². The number of unbranched alkanes of at least 4 members (excludes halogenated alkanes) is 20. The highest BCUT2D eigenvalue weighted by atomic mass is 16.1. The highest BCUT2D eigenvalue weighted by Gasteiger charge is 1.96. The van der Waals surface area contributed by atoms with Gasteiger partial charge >= 0.3 is 0 Å². The molecule has 0 radical (unpaired) electrons. The van der Waals surface area contributed by atoms with Crippen molar-refractivity contribution in [2.75, 3.05) is 0 Å². The molecule has 0 heterocycles. The maximum atomic E-state index is 11.3. The Labute approximate surface area is 246 Å².